The van der Waals surface area contributed by atoms with E-state index in [4.69, 9.17) is 9.97 Å². The number of fused-ring (bicyclic) bond motifs is 3. The number of rotatable bonds is 2. The molecule has 0 N–H and O–H groups in total. The number of aryl methyl sites for hydroxylation is 3. The Labute approximate surface area is 137 Å². The molecule has 1 aliphatic rings. The SMILES string of the molecule is CCc1nc(C)c2c(C)nc3ccc(N4CCCCC4)cc3n12. The van der Waals surface area contributed by atoms with E-state index in [1.807, 2.05) is 0 Å². The molecule has 4 rings (SSSR count). The van der Waals surface area contributed by atoms with Crippen LogP contribution in [0.5, 0.6) is 0 Å². The van der Waals surface area contributed by atoms with Crippen LogP contribution in [0.4, 0.5) is 5.69 Å². The highest BCUT2D eigenvalue weighted by molar-refractivity contribution is 5.84. The minimum absolute atomic E-state index is 0.932. The van der Waals surface area contributed by atoms with Crippen LogP contribution in [0.25, 0.3) is 16.6 Å². The molecule has 0 amide bonds. The van der Waals surface area contributed by atoms with Gasteiger partial charge in [-0.2, -0.15) is 0 Å². The third kappa shape index (κ3) is 2.28. The predicted molar refractivity (Wildman–Crippen MR) is 95.4 cm³/mol. The maximum Gasteiger partial charge on any atom is 0.113 e. The first kappa shape index (κ1) is 14.5. The van der Waals surface area contributed by atoms with Crippen molar-refractivity contribution in [2.75, 3.05) is 18.0 Å². The normalized spacial score (nSPS) is 15.7. The van der Waals surface area contributed by atoms with E-state index >= 15 is 0 Å². The second-order valence-corrected chi connectivity index (χ2v) is 6.57. The van der Waals surface area contributed by atoms with Crippen LogP contribution >= 0.6 is 0 Å². The molecule has 3 heterocycles. The van der Waals surface area contributed by atoms with Gasteiger partial charge < -0.3 is 4.90 Å². The summed E-state index contributed by atoms with van der Waals surface area (Å²) in [6.07, 6.45) is 4.88. The zero-order chi connectivity index (χ0) is 16.0. The standard InChI is InChI=1S/C19H24N4/c1-4-18-21-14(3)19-13(2)20-16-9-8-15(12-17(16)23(18)19)22-10-6-5-7-11-22/h8-9,12H,4-7,10-11H2,1-3H3. The molecule has 0 aliphatic carbocycles. The molecule has 120 valence electrons. The monoisotopic (exact) mass is 308 g/mol. The van der Waals surface area contributed by atoms with E-state index in [2.05, 4.69) is 48.3 Å². The second kappa shape index (κ2) is 5.52. The molecule has 4 nitrogen and oxygen atoms in total. The van der Waals surface area contributed by atoms with E-state index in [1.54, 1.807) is 0 Å². The molecule has 1 saturated heterocycles. The summed E-state index contributed by atoms with van der Waals surface area (Å²) in [5, 5.41) is 0. The largest absolute Gasteiger partial charge is 0.371 e. The van der Waals surface area contributed by atoms with E-state index in [1.165, 1.54) is 36.0 Å². The maximum absolute atomic E-state index is 4.82. The first-order valence-corrected chi connectivity index (χ1v) is 8.72. The Bertz CT molecular complexity index is 872. The fourth-order valence-electron chi connectivity index (χ4n) is 3.88. The Morgan fingerprint density at radius 1 is 1.00 bits per heavy atom. The Kier molecular flexibility index (Phi) is 3.47. The molecule has 0 spiro atoms. The lowest BCUT2D eigenvalue weighted by atomic mass is 10.1. The Hall–Kier alpha value is -2.10. The summed E-state index contributed by atoms with van der Waals surface area (Å²) in [6.45, 7) is 8.67. The summed E-state index contributed by atoms with van der Waals surface area (Å²) in [5.41, 5.74) is 6.88. The van der Waals surface area contributed by atoms with E-state index in [-0.39, 0.29) is 0 Å². The quantitative estimate of drug-likeness (QED) is 0.716. The minimum atomic E-state index is 0.932. The van der Waals surface area contributed by atoms with Crippen LogP contribution in [-0.2, 0) is 6.42 Å². The van der Waals surface area contributed by atoms with Gasteiger partial charge in [-0.3, -0.25) is 4.40 Å². The maximum atomic E-state index is 4.82. The van der Waals surface area contributed by atoms with Crippen LogP contribution in [0.1, 0.15) is 43.4 Å². The molecule has 0 unspecified atom stereocenters. The number of nitrogens with zero attached hydrogens (tertiary/aromatic N) is 4. The van der Waals surface area contributed by atoms with Gasteiger partial charge in [-0.25, -0.2) is 9.97 Å². The zero-order valence-corrected chi connectivity index (χ0v) is 14.3. The predicted octanol–water partition coefficient (Wildman–Crippen LogP) is 4.05. The molecule has 2 aromatic heterocycles. The highest BCUT2D eigenvalue weighted by Gasteiger charge is 2.16. The van der Waals surface area contributed by atoms with E-state index < -0.39 is 0 Å². The molecule has 4 heteroatoms. The van der Waals surface area contributed by atoms with Crippen LogP contribution in [-0.4, -0.2) is 27.5 Å². The van der Waals surface area contributed by atoms with Crippen molar-refractivity contribution in [2.24, 2.45) is 0 Å². The topological polar surface area (TPSA) is 33.4 Å². The highest BCUT2D eigenvalue weighted by Crippen LogP contribution is 2.28. The number of hydrogen-bond acceptors (Lipinski definition) is 3. The number of piperidine rings is 1. The average Bonchev–Trinajstić information content (AvgIpc) is 2.93. The smallest absolute Gasteiger partial charge is 0.113 e. The third-order valence-electron chi connectivity index (χ3n) is 4.99. The van der Waals surface area contributed by atoms with E-state index in [0.29, 0.717) is 0 Å². The molecule has 0 bridgehead atoms. The lowest BCUT2D eigenvalue weighted by Crippen LogP contribution is -2.29. The van der Waals surface area contributed by atoms with Gasteiger partial charge in [-0.15, -0.1) is 0 Å². The van der Waals surface area contributed by atoms with E-state index in [0.717, 1.165) is 42.2 Å². The highest BCUT2D eigenvalue weighted by atomic mass is 15.1. The van der Waals surface area contributed by atoms with Crippen molar-refractivity contribution in [2.45, 2.75) is 46.5 Å². The van der Waals surface area contributed by atoms with Crippen molar-refractivity contribution in [3.63, 3.8) is 0 Å². The first-order valence-electron chi connectivity index (χ1n) is 8.72. The third-order valence-corrected chi connectivity index (χ3v) is 4.99. The van der Waals surface area contributed by atoms with Crippen molar-refractivity contribution in [3.8, 4) is 0 Å². The fourth-order valence-corrected chi connectivity index (χ4v) is 3.88. The van der Waals surface area contributed by atoms with Crippen molar-refractivity contribution >= 4 is 22.2 Å². The lowest BCUT2D eigenvalue weighted by molar-refractivity contribution is 0.578. The summed E-state index contributed by atoms with van der Waals surface area (Å²) in [7, 11) is 0. The van der Waals surface area contributed by atoms with Crippen LogP contribution in [0.2, 0.25) is 0 Å². The summed E-state index contributed by atoms with van der Waals surface area (Å²) in [4.78, 5) is 12.1. The lowest BCUT2D eigenvalue weighted by Gasteiger charge is -2.29. The Morgan fingerprint density at radius 3 is 2.48 bits per heavy atom. The van der Waals surface area contributed by atoms with Crippen LogP contribution in [0.15, 0.2) is 18.2 Å². The number of anilines is 1. The van der Waals surface area contributed by atoms with Gasteiger partial charge in [-0.05, 0) is 51.3 Å². The summed E-state index contributed by atoms with van der Waals surface area (Å²) in [6, 6.07) is 6.70. The molecular weight excluding hydrogens is 284 g/mol. The van der Waals surface area contributed by atoms with Crippen LogP contribution in [0.3, 0.4) is 0 Å². The molecule has 0 radical (unpaired) electrons. The number of imidazole rings is 1. The molecule has 23 heavy (non-hydrogen) atoms. The van der Waals surface area contributed by atoms with Gasteiger partial charge in [0, 0.05) is 25.2 Å². The van der Waals surface area contributed by atoms with Crippen molar-refractivity contribution in [1.29, 1.82) is 0 Å². The molecule has 1 aliphatic heterocycles. The molecule has 0 saturated carbocycles. The molecule has 1 aromatic carbocycles. The van der Waals surface area contributed by atoms with Crippen molar-refractivity contribution in [3.05, 3.63) is 35.4 Å². The Balaban J connectivity index is 1.98. The zero-order valence-electron chi connectivity index (χ0n) is 14.3. The van der Waals surface area contributed by atoms with Gasteiger partial charge in [0.15, 0.2) is 0 Å². The number of aromatic nitrogens is 3. The summed E-state index contributed by atoms with van der Waals surface area (Å²) < 4.78 is 2.32. The molecule has 3 aromatic rings. The van der Waals surface area contributed by atoms with Gasteiger partial charge in [0.25, 0.3) is 0 Å². The Morgan fingerprint density at radius 2 is 1.74 bits per heavy atom. The number of hydrogen-bond donors (Lipinski definition) is 0. The summed E-state index contributed by atoms with van der Waals surface area (Å²) in [5.74, 6) is 1.13. The van der Waals surface area contributed by atoms with Crippen molar-refractivity contribution < 1.29 is 0 Å². The van der Waals surface area contributed by atoms with Gasteiger partial charge in [0.2, 0.25) is 0 Å². The average molecular weight is 308 g/mol. The molecular formula is C19H24N4. The van der Waals surface area contributed by atoms with Gasteiger partial charge in [-0.1, -0.05) is 6.92 Å². The summed E-state index contributed by atoms with van der Waals surface area (Å²) >= 11 is 0. The first-order chi connectivity index (χ1) is 11.2. The van der Waals surface area contributed by atoms with Gasteiger partial charge >= 0.3 is 0 Å². The van der Waals surface area contributed by atoms with Crippen LogP contribution < -0.4 is 4.90 Å². The molecule has 1 fully saturated rings. The second-order valence-electron chi connectivity index (χ2n) is 6.57. The minimum Gasteiger partial charge on any atom is -0.371 e. The van der Waals surface area contributed by atoms with Crippen molar-refractivity contribution in [1.82, 2.24) is 14.4 Å². The fraction of sp³-hybridized carbons (Fsp3) is 0.474. The van der Waals surface area contributed by atoms with E-state index in [9.17, 15) is 0 Å². The number of benzene rings is 1. The van der Waals surface area contributed by atoms with Gasteiger partial charge in [0.05, 0.1) is 27.9 Å². The van der Waals surface area contributed by atoms with Gasteiger partial charge in [0.1, 0.15) is 5.82 Å². The molecule has 0 atom stereocenters. The van der Waals surface area contributed by atoms with Crippen LogP contribution in [0, 0.1) is 13.8 Å².